The highest BCUT2D eigenvalue weighted by Gasteiger charge is 2.32. The third-order valence-electron chi connectivity index (χ3n) is 6.99. The fourth-order valence-electron chi connectivity index (χ4n) is 4.89. The Hall–Kier alpha value is -3.90. The van der Waals surface area contributed by atoms with E-state index in [1.807, 2.05) is 53.4 Å². The zero-order valence-corrected chi connectivity index (χ0v) is 21.2. The van der Waals surface area contributed by atoms with Crippen LogP contribution < -0.4 is 10.1 Å². The first kappa shape index (κ1) is 24.8. The lowest BCUT2D eigenvalue weighted by Crippen LogP contribution is -2.58. The molecule has 4 aromatic carbocycles. The third-order valence-corrected chi connectivity index (χ3v) is 6.99. The number of carbonyl (C=O) groups is 1. The van der Waals surface area contributed by atoms with Crippen molar-refractivity contribution < 1.29 is 13.9 Å². The van der Waals surface area contributed by atoms with Crippen LogP contribution in [0.2, 0.25) is 0 Å². The van der Waals surface area contributed by atoms with Crippen LogP contribution in [0.5, 0.6) is 5.75 Å². The van der Waals surface area contributed by atoms with Crippen molar-refractivity contribution in [1.29, 1.82) is 0 Å². The molecule has 0 bridgehead atoms. The molecule has 2 atom stereocenters. The summed E-state index contributed by atoms with van der Waals surface area (Å²) in [5.41, 5.74) is 3.04. The van der Waals surface area contributed by atoms with Crippen LogP contribution in [0, 0.1) is 5.82 Å². The minimum atomic E-state index is -0.226. The molecule has 1 saturated heterocycles. The van der Waals surface area contributed by atoms with Gasteiger partial charge in [0.05, 0.1) is 0 Å². The average Bonchev–Trinajstić information content (AvgIpc) is 2.91. The van der Waals surface area contributed by atoms with Gasteiger partial charge in [0, 0.05) is 43.1 Å². The van der Waals surface area contributed by atoms with E-state index in [4.69, 9.17) is 4.74 Å². The molecule has 4 aromatic rings. The maximum absolute atomic E-state index is 13.2. The Morgan fingerprint density at radius 1 is 0.865 bits per heavy atom. The van der Waals surface area contributed by atoms with Crippen molar-refractivity contribution >= 4 is 28.1 Å². The normalized spacial score (nSPS) is 18.1. The Balaban J connectivity index is 1.12. The lowest BCUT2D eigenvalue weighted by Gasteiger charge is -2.44. The number of fused-ring (bicyclic) bond motifs is 1. The van der Waals surface area contributed by atoms with Crippen molar-refractivity contribution in [3.63, 3.8) is 0 Å². The van der Waals surface area contributed by atoms with E-state index in [1.54, 1.807) is 0 Å². The lowest BCUT2D eigenvalue weighted by atomic mass is 10.1. The van der Waals surface area contributed by atoms with Gasteiger partial charge in [0.25, 0.3) is 5.91 Å². The highest BCUT2D eigenvalue weighted by molar-refractivity contribution is 5.86. The van der Waals surface area contributed by atoms with E-state index in [-0.39, 0.29) is 30.4 Å². The Kier molecular flexibility index (Phi) is 7.37. The number of carbonyl (C=O) groups excluding carboxylic acids is 1. The van der Waals surface area contributed by atoms with Gasteiger partial charge < -0.3 is 15.0 Å². The zero-order chi connectivity index (χ0) is 25.8. The van der Waals surface area contributed by atoms with E-state index >= 15 is 0 Å². The van der Waals surface area contributed by atoms with Gasteiger partial charge in [0.15, 0.2) is 6.61 Å². The van der Waals surface area contributed by atoms with Gasteiger partial charge in [-0.3, -0.25) is 9.69 Å². The second-order valence-corrected chi connectivity index (χ2v) is 9.80. The van der Waals surface area contributed by atoms with Crippen molar-refractivity contribution in [1.82, 2.24) is 9.80 Å². The number of halogens is 1. The molecule has 1 aliphatic rings. The van der Waals surface area contributed by atoms with Crippen LogP contribution in [-0.2, 0) is 11.3 Å². The fourth-order valence-corrected chi connectivity index (χ4v) is 4.89. The Morgan fingerprint density at radius 2 is 1.57 bits per heavy atom. The van der Waals surface area contributed by atoms with E-state index in [2.05, 4.69) is 54.4 Å². The predicted octanol–water partition coefficient (Wildman–Crippen LogP) is 6.22. The second-order valence-electron chi connectivity index (χ2n) is 9.80. The molecular weight excluding hydrogens is 465 g/mol. The Bertz CT molecular complexity index is 1360. The van der Waals surface area contributed by atoms with E-state index < -0.39 is 0 Å². The van der Waals surface area contributed by atoms with Crippen molar-refractivity contribution in [3.05, 3.63) is 102 Å². The zero-order valence-electron chi connectivity index (χ0n) is 21.2. The van der Waals surface area contributed by atoms with Crippen LogP contribution in [0.25, 0.3) is 10.8 Å². The number of anilines is 2. The number of piperazine rings is 1. The van der Waals surface area contributed by atoms with Crippen LogP contribution in [0.15, 0.2) is 91.0 Å². The first-order chi connectivity index (χ1) is 17.9. The molecule has 0 aliphatic carbocycles. The van der Waals surface area contributed by atoms with Crippen LogP contribution in [-0.4, -0.2) is 47.5 Å². The summed E-state index contributed by atoms with van der Waals surface area (Å²) in [7, 11) is 0. The number of hydrogen-bond donors (Lipinski definition) is 1. The van der Waals surface area contributed by atoms with Crippen molar-refractivity contribution in [2.24, 2.45) is 0 Å². The summed E-state index contributed by atoms with van der Waals surface area (Å²) in [5.74, 6) is 0.420. The summed E-state index contributed by atoms with van der Waals surface area (Å²) >= 11 is 0. The molecule has 1 aliphatic heterocycles. The van der Waals surface area contributed by atoms with Gasteiger partial charge in [-0.25, -0.2) is 4.39 Å². The number of hydrogen-bond acceptors (Lipinski definition) is 4. The smallest absolute Gasteiger partial charge is 0.260 e. The molecular formula is C31H32FN3O2. The van der Waals surface area contributed by atoms with E-state index in [0.717, 1.165) is 30.0 Å². The minimum Gasteiger partial charge on any atom is -0.484 e. The Labute approximate surface area is 217 Å². The maximum Gasteiger partial charge on any atom is 0.260 e. The van der Waals surface area contributed by atoms with Gasteiger partial charge in [-0.05, 0) is 78.7 Å². The van der Waals surface area contributed by atoms with Gasteiger partial charge >= 0.3 is 0 Å². The SMILES string of the molecule is C[C@@H]1CN(Cc2ccc(F)cc2)[C@@H](C)CN1C(=O)COc1ccc(Nc2ccc3ccccc3c2)cc1. The predicted molar refractivity (Wildman–Crippen MR) is 147 cm³/mol. The molecule has 1 N–H and O–H groups in total. The van der Waals surface area contributed by atoms with E-state index in [1.165, 1.54) is 22.9 Å². The van der Waals surface area contributed by atoms with Crippen molar-refractivity contribution in [3.8, 4) is 5.75 Å². The molecule has 1 heterocycles. The summed E-state index contributed by atoms with van der Waals surface area (Å²) < 4.78 is 19.1. The topological polar surface area (TPSA) is 44.8 Å². The van der Waals surface area contributed by atoms with E-state index in [0.29, 0.717) is 12.3 Å². The minimum absolute atomic E-state index is 0.00642. The molecule has 0 saturated carbocycles. The molecule has 0 unspecified atom stereocenters. The van der Waals surface area contributed by atoms with Crippen LogP contribution in [0.1, 0.15) is 19.4 Å². The van der Waals surface area contributed by atoms with Gasteiger partial charge in [0.1, 0.15) is 11.6 Å². The summed E-state index contributed by atoms with van der Waals surface area (Å²) in [6.45, 7) is 6.33. The summed E-state index contributed by atoms with van der Waals surface area (Å²) in [5, 5.41) is 5.81. The number of nitrogens with one attached hydrogen (secondary N) is 1. The van der Waals surface area contributed by atoms with Gasteiger partial charge in [-0.1, -0.05) is 42.5 Å². The first-order valence-corrected chi connectivity index (χ1v) is 12.7. The number of benzene rings is 4. The average molecular weight is 498 g/mol. The van der Waals surface area contributed by atoms with Crippen molar-refractivity contribution in [2.45, 2.75) is 32.5 Å². The van der Waals surface area contributed by atoms with Gasteiger partial charge in [-0.2, -0.15) is 0 Å². The molecule has 5 rings (SSSR count). The Morgan fingerprint density at radius 3 is 2.32 bits per heavy atom. The molecule has 0 spiro atoms. The van der Waals surface area contributed by atoms with Crippen LogP contribution in [0.3, 0.4) is 0 Å². The fraction of sp³-hybridized carbons (Fsp3) is 0.258. The molecule has 37 heavy (non-hydrogen) atoms. The summed E-state index contributed by atoms with van der Waals surface area (Å²) in [4.78, 5) is 17.2. The standard InChI is InChI=1S/C31H32FN3O2/c1-22-19-35(23(2)18-34(22)20-24-7-10-27(32)11-8-24)31(36)21-37-30-15-13-28(14-16-30)33-29-12-9-25-5-3-4-6-26(25)17-29/h3-17,22-23,33H,18-21H2,1-2H3/t22-,23+/m0/s1. The highest BCUT2D eigenvalue weighted by atomic mass is 19.1. The molecule has 0 radical (unpaired) electrons. The number of ether oxygens (including phenoxy) is 1. The second kappa shape index (κ2) is 11.0. The molecule has 190 valence electrons. The highest BCUT2D eigenvalue weighted by Crippen LogP contribution is 2.24. The third kappa shape index (κ3) is 6.09. The number of rotatable bonds is 7. The van der Waals surface area contributed by atoms with Crippen LogP contribution in [0.4, 0.5) is 15.8 Å². The number of amides is 1. The monoisotopic (exact) mass is 497 g/mol. The molecule has 1 fully saturated rings. The van der Waals surface area contributed by atoms with E-state index in [9.17, 15) is 9.18 Å². The largest absolute Gasteiger partial charge is 0.484 e. The molecule has 6 heteroatoms. The van der Waals surface area contributed by atoms with Gasteiger partial charge in [0.2, 0.25) is 0 Å². The quantitative estimate of drug-likeness (QED) is 0.329. The summed E-state index contributed by atoms with van der Waals surface area (Å²) in [6.07, 6.45) is 0. The van der Waals surface area contributed by atoms with Crippen LogP contribution >= 0.6 is 0 Å². The lowest BCUT2D eigenvalue weighted by molar-refractivity contribution is -0.139. The molecule has 1 amide bonds. The number of nitrogens with zero attached hydrogens (tertiary/aromatic N) is 2. The van der Waals surface area contributed by atoms with Gasteiger partial charge in [-0.15, -0.1) is 0 Å². The molecule has 5 nitrogen and oxygen atoms in total. The maximum atomic E-state index is 13.2. The summed E-state index contributed by atoms with van der Waals surface area (Å²) in [6, 6.07) is 29.1. The van der Waals surface area contributed by atoms with Crippen molar-refractivity contribution in [2.75, 3.05) is 25.0 Å². The molecule has 0 aromatic heterocycles. The first-order valence-electron chi connectivity index (χ1n) is 12.7.